The number of aryl methyl sites for hydroxylation is 2. The molecule has 0 saturated heterocycles. The zero-order valence-electron chi connectivity index (χ0n) is 13.7. The number of hydrogen-bond donors (Lipinski definition) is 0. The van der Waals surface area contributed by atoms with Crippen molar-refractivity contribution in [2.24, 2.45) is 4.99 Å². The van der Waals surface area contributed by atoms with Crippen LogP contribution in [0.5, 0.6) is 0 Å². The molecule has 0 aromatic heterocycles. The predicted octanol–water partition coefficient (Wildman–Crippen LogP) is 4.49. The minimum absolute atomic E-state index is 0.0639. The van der Waals surface area contributed by atoms with Crippen LogP contribution in [0.3, 0.4) is 0 Å². The lowest BCUT2D eigenvalue weighted by molar-refractivity contribution is 0.830. The van der Waals surface area contributed by atoms with Gasteiger partial charge < -0.3 is 4.90 Å². The molecular formula is C20H22N2. The summed E-state index contributed by atoms with van der Waals surface area (Å²) in [5.41, 5.74) is 8.08. The van der Waals surface area contributed by atoms with E-state index in [1.165, 1.54) is 22.4 Å². The normalized spacial score (nSPS) is 17.8. The Morgan fingerprint density at radius 3 is 2.32 bits per heavy atom. The van der Waals surface area contributed by atoms with Crippen LogP contribution in [-0.2, 0) is 0 Å². The average Bonchev–Trinajstić information content (AvgIpc) is 2.59. The standard InChI is InChI=1S/C20H22N2/c1-13-6-9-17(10-7-13)20-18-12-14(2)8-11-19(18)22(5)16(4)15(3)21-20/h6-12,15H,4H2,1-3,5H3. The summed E-state index contributed by atoms with van der Waals surface area (Å²) in [4.78, 5) is 7.12. The molecule has 22 heavy (non-hydrogen) atoms. The number of fused-ring (bicyclic) bond motifs is 1. The zero-order chi connectivity index (χ0) is 15.9. The number of rotatable bonds is 1. The summed E-state index contributed by atoms with van der Waals surface area (Å²) < 4.78 is 0. The van der Waals surface area contributed by atoms with E-state index >= 15 is 0 Å². The van der Waals surface area contributed by atoms with Crippen molar-refractivity contribution in [3.63, 3.8) is 0 Å². The van der Waals surface area contributed by atoms with E-state index in [-0.39, 0.29) is 6.04 Å². The fraction of sp³-hybridized carbons (Fsp3) is 0.250. The Morgan fingerprint density at radius 1 is 1.00 bits per heavy atom. The van der Waals surface area contributed by atoms with Crippen molar-refractivity contribution in [3.05, 3.63) is 77.0 Å². The third-order valence-electron chi connectivity index (χ3n) is 4.33. The monoisotopic (exact) mass is 290 g/mol. The second-order valence-corrected chi connectivity index (χ2v) is 6.09. The van der Waals surface area contributed by atoms with Crippen LogP contribution in [0.2, 0.25) is 0 Å². The highest BCUT2D eigenvalue weighted by atomic mass is 15.1. The van der Waals surface area contributed by atoms with Crippen LogP contribution in [-0.4, -0.2) is 18.8 Å². The third-order valence-corrected chi connectivity index (χ3v) is 4.33. The first-order valence-electron chi connectivity index (χ1n) is 7.66. The molecule has 0 aliphatic carbocycles. The van der Waals surface area contributed by atoms with Gasteiger partial charge in [-0.1, -0.05) is 48.0 Å². The van der Waals surface area contributed by atoms with Gasteiger partial charge in [0.1, 0.15) is 0 Å². The maximum absolute atomic E-state index is 4.97. The van der Waals surface area contributed by atoms with Crippen LogP contribution >= 0.6 is 0 Å². The molecule has 0 radical (unpaired) electrons. The van der Waals surface area contributed by atoms with Crippen molar-refractivity contribution in [1.29, 1.82) is 0 Å². The summed E-state index contributed by atoms with van der Waals surface area (Å²) in [7, 11) is 2.07. The smallest absolute Gasteiger partial charge is 0.0873 e. The van der Waals surface area contributed by atoms with Gasteiger partial charge in [-0.05, 0) is 32.9 Å². The average molecular weight is 290 g/mol. The van der Waals surface area contributed by atoms with Crippen LogP contribution in [0, 0.1) is 13.8 Å². The minimum Gasteiger partial charge on any atom is -0.346 e. The van der Waals surface area contributed by atoms with Crippen LogP contribution in [0.1, 0.15) is 29.2 Å². The van der Waals surface area contributed by atoms with Gasteiger partial charge in [0.15, 0.2) is 0 Å². The number of likely N-dealkylation sites (N-methyl/N-ethyl adjacent to an activating group) is 1. The molecule has 1 aliphatic rings. The fourth-order valence-electron chi connectivity index (χ4n) is 2.85. The first-order chi connectivity index (χ1) is 10.5. The van der Waals surface area contributed by atoms with E-state index in [0.29, 0.717) is 0 Å². The topological polar surface area (TPSA) is 15.6 Å². The van der Waals surface area contributed by atoms with E-state index in [4.69, 9.17) is 4.99 Å². The molecule has 0 amide bonds. The molecule has 1 atom stereocenters. The Balaban J connectivity index is 2.25. The van der Waals surface area contributed by atoms with E-state index in [9.17, 15) is 0 Å². The lowest BCUT2D eigenvalue weighted by atomic mass is 9.98. The van der Waals surface area contributed by atoms with Crippen molar-refractivity contribution in [1.82, 2.24) is 0 Å². The number of aliphatic imine (C=N–C) groups is 1. The fourth-order valence-corrected chi connectivity index (χ4v) is 2.85. The van der Waals surface area contributed by atoms with E-state index < -0.39 is 0 Å². The predicted molar refractivity (Wildman–Crippen MR) is 95.0 cm³/mol. The number of anilines is 1. The molecule has 2 nitrogen and oxygen atoms in total. The SMILES string of the molecule is C=C1C(C)N=C(c2ccc(C)cc2)c2cc(C)ccc2N1C. The highest BCUT2D eigenvalue weighted by molar-refractivity contribution is 6.16. The van der Waals surface area contributed by atoms with Crippen molar-refractivity contribution in [3.8, 4) is 0 Å². The van der Waals surface area contributed by atoms with Gasteiger partial charge in [0.05, 0.1) is 17.4 Å². The number of benzodiazepines with no additional fused rings is 1. The molecule has 1 heterocycles. The summed E-state index contributed by atoms with van der Waals surface area (Å²) in [6, 6.07) is 15.2. The van der Waals surface area contributed by atoms with Gasteiger partial charge >= 0.3 is 0 Å². The van der Waals surface area contributed by atoms with Crippen molar-refractivity contribution >= 4 is 11.4 Å². The molecular weight excluding hydrogens is 268 g/mol. The van der Waals surface area contributed by atoms with Crippen LogP contribution in [0.15, 0.2) is 59.7 Å². The second-order valence-electron chi connectivity index (χ2n) is 6.09. The summed E-state index contributed by atoms with van der Waals surface area (Å²) in [5.74, 6) is 0. The van der Waals surface area contributed by atoms with Crippen molar-refractivity contribution < 1.29 is 0 Å². The summed E-state index contributed by atoms with van der Waals surface area (Å²) in [6.45, 7) is 10.5. The van der Waals surface area contributed by atoms with E-state index in [1.807, 2.05) is 0 Å². The van der Waals surface area contributed by atoms with E-state index in [1.54, 1.807) is 0 Å². The number of nitrogens with zero attached hydrogens (tertiary/aromatic N) is 2. The molecule has 0 N–H and O–H groups in total. The summed E-state index contributed by atoms with van der Waals surface area (Å²) >= 11 is 0. The van der Waals surface area contributed by atoms with Crippen molar-refractivity contribution in [2.75, 3.05) is 11.9 Å². The Bertz CT molecular complexity index is 754. The summed E-state index contributed by atoms with van der Waals surface area (Å²) in [6.07, 6.45) is 0. The molecule has 2 heteroatoms. The van der Waals surface area contributed by atoms with Gasteiger partial charge in [-0.25, -0.2) is 0 Å². The molecule has 3 rings (SSSR count). The van der Waals surface area contributed by atoms with Gasteiger partial charge in [-0.3, -0.25) is 4.99 Å². The molecule has 2 aromatic rings. The van der Waals surface area contributed by atoms with Gasteiger partial charge in [-0.15, -0.1) is 0 Å². The van der Waals surface area contributed by atoms with E-state index in [0.717, 1.165) is 17.0 Å². The van der Waals surface area contributed by atoms with Crippen LogP contribution < -0.4 is 4.90 Å². The molecule has 0 bridgehead atoms. The molecule has 0 saturated carbocycles. The lowest BCUT2D eigenvalue weighted by Gasteiger charge is -2.23. The maximum Gasteiger partial charge on any atom is 0.0873 e. The Labute approximate surface area is 132 Å². The lowest BCUT2D eigenvalue weighted by Crippen LogP contribution is -2.21. The first kappa shape index (κ1) is 14.6. The van der Waals surface area contributed by atoms with Gasteiger partial charge in [-0.2, -0.15) is 0 Å². The Hall–Kier alpha value is -2.35. The first-order valence-corrected chi connectivity index (χ1v) is 7.66. The molecule has 2 aromatic carbocycles. The quantitative estimate of drug-likeness (QED) is 0.755. The second kappa shape index (κ2) is 5.45. The van der Waals surface area contributed by atoms with Crippen molar-refractivity contribution in [2.45, 2.75) is 26.8 Å². The van der Waals surface area contributed by atoms with Crippen LogP contribution in [0.4, 0.5) is 5.69 Å². The van der Waals surface area contributed by atoms with Gasteiger partial charge in [0.25, 0.3) is 0 Å². The highest BCUT2D eigenvalue weighted by Gasteiger charge is 2.23. The van der Waals surface area contributed by atoms with E-state index in [2.05, 4.69) is 81.8 Å². The third kappa shape index (κ3) is 2.45. The van der Waals surface area contributed by atoms with Gasteiger partial charge in [0.2, 0.25) is 0 Å². The summed E-state index contributed by atoms with van der Waals surface area (Å²) in [5, 5.41) is 0. The number of hydrogen-bond acceptors (Lipinski definition) is 2. The van der Waals surface area contributed by atoms with Gasteiger partial charge in [0, 0.05) is 23.9 Å². The Kier molecular flexibility index (Phi) is 3.61. The molecule has 1 aliphatic heterocycles. The molecule has 0 spiro atoms. The minimum atomic E-state index is 0.0639. The largest absolute Gasteiger partial charge is 0.346 e. The highest BCUT2D eigenvalue weighted by Crippen LogP contribution is 2.31. The maximum atomic E-state index is 4.97. The Morgan fingerprint density at radius 2 is 1.64 bits per heavy atom. The molecule has 0 fully saturated rings. The van der Waals surface area contributed by atoms with Crippen LogP contribution in [0.25, 0.3) is 0 Å². The molecule has 1 unspecified atom stereocenters. The zero-order valence-corrected chi connectivity index (χ0v) is 13.7. The molecule has 112 valence electrons. The number of benzene rings is 2.